The molecule has 0 bridgehead atoms. The summed E-state index contributed by atoms with van der Waals surface area (Å²) in [7, 11) is 0. The van der Waals surface area contributed by atoms with Gasteiger partial charge in [-0.25, -0.2) is 9.37 Å². The maximum absolute atomic E-state index is 12.8. The Morgan fingerprint density at radius 2 is 2.05 bits per heavy atom. The number of hydrogen-bond acceptors (Lipinski definition) is 3. The zero-order valence-corrected chi connectivity index (χ0v) is 12.0. The monoisotopic (exact) mass is 309 g/mol. The summed E-state index contributed by atoms with van der Waals surface area (Å²) < 4.78 is 14.0. The number of aromatic nitrogens is 2. The summed E-state index contributed by atoms with van der Waals surface area (Å²) in [6.07, 6.45) is 0.472. The van der Waals surface area contributed by atoms with Crippen LogP contribution < -0.4 is 10.9 Å². The SMILES string of the molecule is CCc1nc(Cl)cc(=O)n1CC(=O)Nc1ccc(F)cc1. The molecule has 1 amide bonds. The molecule has 0 radical (unpaired) electrons. The van der Waals surface area contributed by atoms with E-state index in [4.69, 9.17) is 11.6 Å². The van der Waals surface area contributed by atoms with Gasteiger partial charge in [-0.05, 0) is 24.3 Å². The van der Waals surface area contributed by atoms with Crippen LogP contribution in [0.2, 0.25) is 5.15 Å². The molecule has 0 saturated heterocycles. The Balaban J connectivity index is 2.16. The number of nitrogens with one attached hydrogen (secondary N) is 1. The summed E-state index contributed by atoms with van der Waals surface area (Å²) in [5.74, 6) is -0.358. The first-order valence-corrected chi connectivity index (χ1v) is 6.69. The molecular weight excluding hydrogens is 297 g/mol. The largest absolute Gasteiger partial charge is 0.325 e. The minimum Gasteiger partial charge on any atom is -0.325 e. The fraction of sp³-hybridized carbons (Fsp3) is 0.214. The lowest BCUT2D eigenvalue weighted by atomic mass is 10.3. The standard InChI is InChI=1S/C14H13ClFN3O2/c1-2-12-18-11(15)7-14(21)19(12)8-13(20)17-10-5-3-9(16)4-6-10/h3-7H,2,8H2,1H3,(H,17,20). The summed E-state index contributed by atoms with van der Waals surface area (Å²) >= 11 is 5.72. The molecule has 0 atom stereocenters. The molecular formula is C14H13ClFN3O2. The first kappa shape index (κ1) is 15.2. The quantitative estimate of drug-likeness (QED) is 0.881. The van der Waals surface area contributed by atoms with E-state index in [2.05, 4.69) is 10.3 Å². The summed E-state index contributed by atoms with van der Waals surface area (Å²) in [5, 5.41) is 2.69. The number of amides is 1. The van der Waals surface area contributed by atoms with Crippen LogP contribution in [0.25, 0.3) is 0 Å². The molecule has 0 aliphatic rings. The fourth-order valence-electron chi connectivity index (χ4n) is 1.84. The van der Waals surface area contributed by atoms with Crippen molar-refractivity contribution in [3.05, 3.63) is 57.5 Å². The van der Waals surface area contributed by atoms with E-state index in [0.29, 0.717) is 17.9 Å². The van der Waals surface area contributed by atoms with Gasteiger partial charge in [0.1, 0.15) is 23.3 Å². The highest BCUT2D eigenvalue weighted by Crippen LogP contribution is 2.09. The van der Waals surface area contributed by atoms with Crippen molar-refractivity contribution < 1.29 is 9.18 Å². The van der Waals surface area contributed by atoms with Gasteiger partial charge in [-0.3, -0.25) is 14.2 Å². The fourth-order valence-corrected chi connectivity index (χ4v) is 2.03. The molecule has 0 unspecified atom stereocenters. The Labute approximate surface area is 125 Å². The molecule has 0 spiro atoms. The normalized spacial score (nSPS) is 10.4. The maximum atomic E-state index is 12.8. The molecule has 1 aromatic carbocycles. The topological polar surface area (TPSA) is 64.0 Å². The molecule has 0 saturated carbocycles. The van der Waals surface area contributed by atoms with Crippen molar-refractivity contribution in [2.24, 2.45) is 0 Å². The first-order valence-electron chi connectivity index (χ1n) is 6.31. The predicted molar refractivity (Wildman–Crippen MR) is 77.9 cm³/mol. The lowest BCUT2D eigenvalue weighted by Gasteiger charge is -2.11. The van der Waals surface area contributed by atoms with Crippen molar-refractivity contribution in [2.75, 3.05) is 5.32 Å². The van der Waals surface area contributed by atoms with E-state index in [1.807, 2.05) is 6.92 Å². The van der Waals surface area contributed by atoms with Crippen LogP contribution in [0, 0.1) is 5.82 Å². The van der Waals surface area contributed by atoms with E-state index in [1.165, 1.54) is 28.8 Å². The second-order valence-corrected chi connectivity index (χ2v) is 4.72. The Morgan fingerprint density at radius 1 is 1.38 bits per heavy atom. The molecule has 7 heteroatoms. The maximum Gasteiger partial charge on any atom is 0.255 e. The van der Waals surface area contributed by atoms with Crippen LogP contribution in [0.5, 0.6) is 0 Å². The van der Waals surface area contributed by atoms with E-state index in [1.54, 1.807) is 0 Å². The van der Waals surface area contributed by atoms with Crippen LogP contribution in [0.3, 0.4) is 0 Å². The van der Waals surface area contributed by atoms with Crippen LogP contribution in [0.15, 0.2) is 35.1 Å². The number of hydrogen-bond donors (Lipinski definition) is 1. The number of anilines is 1. The van der Waals surface area contributed by atoms with Crippen molar-refractivity contribution >= 4 is 23.2 Å². The zero-order chi connectivity index (χ0) is 15.4. The number of carbonyl (C=O) groups is 1. The highest BCUT2D eigenvalue weighted by atomic mass is 35.5. The lowest BCUT2D eigenvalue weighted by Crippen LogP contribution is -2.30. The van der Waals surface area contributed by atoms with Gasteiger partial charge in [0.2, 0.25) is 5.91 Å². The number of benzene rings is 1. The molecule has 1 N–H and O–H groups in total. The second kappa shape index (κ2) is 6.49. The molecule has 2 aromatic rings. The zero-order valence-electron chi connectivity index (χ0n) is 11.3. The van der Waals surface area contributed by atoms with Crippen molar-refractivity contribution in [1.29, 1.82) is 0 Å². The third-order valence-corrected chi connectivity index (χ3v) is 3.00. The Kier molecular flexibility index (Phi) is 4.70. The number of aryl methyl sites for hydroxylation is 1. The van der Waals surface area contributed by atoms with Gasteiger partial charge in [0.25, 0.3) is 5.56 Å². The van der Waals surface area contributed by atoms with Crippen molar-refractivity contribution in [2.45, 2.75) is 19.9 Å². The van der Waals surface area contributed by atoms with E-state index in [-0.39, 0.29) is 23.1 Å². The Bertz CT molecular complexity index is 713. The molecule has 0 aliphatic heterocycles. The number of nitrogens with zero attached hydrogens (tertiary/aromatic N) is 2. The van der Waals surface area contributed by atoms with Gasteiger partial charge in [-0.15, -0.1) is 0 Å². The first-order chi connectivity index (χ1) is 9.99. The van der Waals surface area contributed by atoms with Gasteiger partial charge in [-0.2, -0.15) is 0 Å². The molecule has 1 heterocycles. The number of carbonyl (C=O) groups excluding carboxylic acids is 1. The van der Waals surface area contributed by atoms with Gasteiger partial charge in [0, 0.05) is 18.2 Å². The summed E-state index contributed by atoms with van der Waals surface area (Å²) in [6, 6.07) is 6.52. The van der Waals surface area contributed by atoms with E-state index < -0.39 is 5.91 Å². The molecule has 5 nitrogen and oxygen atoms in total. The van der Waals surface area contributed by atoms with E-state index in [9.17, 15) is 14.0 Å². The molecule has 2 rings (SSSR count). The number of rotatable bonds is 4. The van der Waals surface area contributed by atoms with Gasteiger partial charge in [-0.1, -0.05) is 18.5 Å². The molecule has 110 valence electrons. The van der Waals surface area contributed by atoms with E-state index >= 15 is 0 Å². The van der Waals surface area contributed by atoms with Crippen LogP contribution in [-0.2, 0) is 17.8 Å². The summed E-state index contributed by atoms with van der Waals surface area (Å²) in [5.41, 5.74) is 0.0653. The van der Waals surface area contributed by atoms with Crippen LogP contribution in [-0.4, -0.2) is 15.5 Å². The third-order valence-electron chi connectivity index (χ3n) is 2.80. The summed E-state index contributed by atoms with van der Waals surface area (Å²) in [6.45, 7) is 1.63. The average Bonchev–Trinajstić information content (AvgIpc) is 2.44. The van der Waals surface area contributed by atoms with Crippen molar-refractivity contribution in [1.82, 2.24) is 9.55 Å². The third kappa shape index (κ3) is 3.88. The molecule has 1 aromatic heterocycles. The Morgan fingerprint density at radius 3 is 2.67 bits per heavy atom. The molecule has 21 heavy (non-hydrogen) atoms. The predicted octanol–water partition coefficient (Wildman–Crippen LogP) is 2.24. The smallest absolute Gasteiger partial charge is 0.255 e. The van der Waals surface area contributed by atoms with Crippen LogP contribution in [0.4, 0.5) is 10.1 Å². The Hall–Kier alpha value is -2.21. The average molecular weight is 310 g/mol. The minimum absolute atomic E-state index is 0.104. The highest BCUT2D eigenvalue weighted by molar-refractivity contribution is 6.29. The van der Waals surface area contributed by atoms with Crippen molar-refractivity contribution in [3.63, 3.8) is 0 Å². The number of halogens is 2. The summed E-state index contributed by atoms with van der Waals surface area (Å²) in [4.78, 5) is 27.8. The van der Waals surface area contributed by atoms with Crippen LogP contribution in [0.1, 0.15) is 12.7 Å². The van der Waals surface area contributed by atoms with Gasteiger partial charge >= 0.3 is 0 Å². The minimum atomic E-state index is -0.400. The van der Waals surface area contributed by atoms with Crippen molar-refractivity contribution in [3.8, 4) is 0 Å². The molecule has 0 fully saturated rings. The lowest BCUT2D eigenvalue weighted by molar-refractivity contribution is -0.116. The molecule has 0 aliphatic carbocycles. The second-order valence-electron chi connectivity index (χ2n) is 4.33. The van der Waals surface area contributed by atoms with Gasteiger partial charge in [0.15, 0.2) is 0 Å². The van der Waals surface area contributed by atoms with E-state index in [0.717, 1.165) is 6.07 Å². The van der Waals surface area contributed by atoms with Crippen LogP contribution >= 0.6 is 11.6 Å². The van der Waals surface area contributed by atoms with Gasteiger partial charge < -0.3 is 5.32 Å². The highest BCUT2D eigenvalue weighted by Gasteiger charge is 2.11. The van der Waals surface area contributed by atoms with Gasteiger partial charge in [0.05, 0.1) is 0 Å².